The van der Waals surface area contributed by atoms with Crippen molar-refractivity contribution in [3.05, 3.63) is 50.6 Å². The van der Waals surface area contributed by atoms with Crippen LogP contribution in [0, 0.1) is 22.7 Å². The summed E-state index contributed by atoms with van der Waals surface area (Å²) in [6.45, 7) is 16.6. The zero-order valence-corrected chi connectivity index (χ0v) is 16.5. The van der Waals surface area contributed by atoms with Gasteiger partial charge in [-0.3, -0.25) is 0 Å². The molecule has 0 N–H and O–H groups in total. The molecule has 0 heterocycles. The average molecular weight is 341 g/mol. The summed E-state index contributed by atoms with van der Waals surface area (Å²) in [7, 11) is 0. The molecule has 2 saturated carbocycles. The SMILES string of the molecule is C=CCC1(C2(C=C)CCCC(C=C)CCC2)CCCC(C=C)CCC1. The Labute approximate surface area is 157 Å². The third-order valence-corrected chi connectivity index (χ3v) is 7.50. The van der Waals surface area contributed by atoms with Crippen LogP contribution in [0.5, 0.6) is 0 Å². The van der Waals surface area contributed by atoms with E-state index in [4.69, 9.17) is 0 Å². The Morgan fingerprint density at radius 3 is 1.48 bits per heavy atom. The number of hydrogen-bond acceptors (Lipinski definition) is 0. The molecule has 0 heteroatoms. The van der Waals surface area contributed by atoms with Crippen molar-refractivity contribution in [2.75, 3.05) is 0 Å². The molecule has 0 saturated heterocycles. The maximum Gasteiger partial charge on any atom is -0.00615 e. The zero-order valence-electron chi connectivity index (χ0n) is 16.5. The highest BCUT2D eigenvalue weighted by Crippen LogP contribution is 2.58. The minimum atomic E-state index is 0.300. The van der Waals surface area contributed by atoms with Crippen LogP contribution in [0.25, 0.3) is 0 Å². The van der Waals surface area contributed by atoms with Crippen LogP contribution in [0.2, 0.25) is 0 Å². The summed E-state index contributed by atoms with van der Waals surface area (Å²) in [6, 6.07) is 0. The molecule has 2 aliphatic rings. The van der Waals surface area contributed by atoms with E-state index in [-0.39, 0.29) is 0 Å². The standard InChI is InChI=1S/C25H40/c1-5-17-25(20-11-15-23(7-3)16-12-21-25)24(8-4)18-9-13-22(6-2)14-10-19-24/h5-8,22-23H,1-4,9-21H2. The van der Waals surface area contributed by atoms with Crippen molar-refractivity contribution in [1.82, 2.24) is 0 Å². The first-order valence-electron chi connectivity index (χ1n) is 10.6. The summed E-state index contributed by atoms with van der Waals surface area (Å²) in [5, 5.41) is 0. The lowest BCUT2D eigenvalue weighted by atomic mass is 9.52. The van der Waals surface area contributed by atoms with E-state index < -0.39 is 0 Å². The molecule has 0 bridgehead atoms. The van der Waals surface area contributed by atoms with Crippen LogP contribution in [0.4, 0.5) is 0 Å². The molecule has 2 aliphatic carbocycles. The predicted octanol–water partition coefficient (Wildman–Crippen LogP) is 8.03. The molecule has 140 valence electrons. The van der Waals surface area contributed by atoms with Crippen molar-refractivity contribution >= 4 is 0 Å². The topological polar surface area (TPSA) is 0 Å². The van der Waals surface area contributed by atoms with E-state index in [2.05, 4.69) is 50.6 Å². The molecule has 0 spiro atoms. The van der Waals surface area contributed by atoms with E-state index in [1.807, 2.05) is 0 Å². The summed E-state index contributed by atoms with van der Waals surface area (Å²) in [4.78, 5) is 0. The molecule has 0 radical (unpaired) electrons. The molecule has 0 nitrogen and oxygen atoms in total. The predicted molar refractivity (Wildman–Crippen MR) is 113 cm³/mol. The Balaban J connectivity index is 2.24. The van der Waals surface area contributed by atoms with Gasteiger partial charge in [0.15, 0.2) is 0 Å². The van der Waals surface area contributed by atoms with Crippen molar-refractivity contribution in [3.63, 3.8) is 0 Å². The van der Waals surface area contributed by atoms with Gasteiger partial charge in [0.1, 0.15) is 0 Å². The van der Waals surface area contributed by atoms with Crippen molar-refractivity contribution in [2.45, 2.75) is 83.5 Å². The van der Waals surface area contributed by atoms with Crippen LogP contribution in [0.15, 0.2) is 50.6 Å². The number of allylic oxidation sites excluding steroid dienone is 4. The maximum absolute atomic E-state index is 4.39. The van der Waals surface area contributed by atoms with Gasteiger partial charge >= 0.3 is 0 Å². The zero-order chi connectivity index (χ0) is 18.2. The minimum Gasteiger partial charge on any atom is -0.103 e. The second-order valence-corrected chi connectivity index (χ2v) is 8.69. The lowest BCUT2D eigenvalue weighted by Crippen LogP contribution is -2.42. The van der Waals surface area contributed by atoms with E-state index in [1.165, 1.54) is 77.0 Å². The quantitative estimate of drug-likeness (QED) is 0.429. The normalized spacial score (nSPS) is 37.6. The lowest BCUT2D eigenvalue weighted by Gasteiger charge is -2.52. The fraction of sp³-hybridized carbons (Fsp3) is 0.680. The molecule has 0 aromatic rings. The maximum atomic E-state index is 4.39. The van der Waals surface area contributed by atoms with Crippen LogP contribution >= 0.6 is 0 Å². The fourth-order valence-electron chi connectivity index (χ4n) is 5.91. The molecule has 2 rings (SSSR count). The van der Waals surface area contributed by atoms with Crippen LogP contribution in [0.3, 0.4) is 0 Å². The van der Waals surface area contributed by atoms with Gasteiger partial charge in [0.25, 0.3) is 0 Å². The average Bonchev–Trinajstić information content (AvgIpc) is 2.58. The van der Waals surface area contributed by atoms with Gasteiger partial charge in [0.05, 0.1) is 0 Å². The van der Waals surface area contributed by atoms with E-state index in [1.54, 1.807) is 0 Å². The molecule has 0 unspecified atom stereocenters. The Kier molecular flexibility index (Phi) is 7.79. The van der Waals surface area contributed by atoms with E-state index in [0.717, 1.165) is 18.3 Å². The first-order valence-corrected chi connectivity index (χ1v) is 10.6. The van der Waals surface area contributed by atoms with Crippen LogP contribution in [-0.2, 0) is 0 Å². The first-order chi connectivity index (χ1) is 12.1. The minimum absolute atomic E-state index is 0.300. The Morgan fingerprint density at radius 1 is 0.680 bits per heavy atom. The third-order valence-electron chi connectivity index (χ3n) is 7.50. The molecular weight excluding hydrogens is 300 g/mol. The number of rotatable bonds is 6. The van der Waals surface area contributed by atoms with Crippen LogP contribution in [0.1, 0.15) is 83.5 Å². The van der Waals surface area contributed by atoms with Crippen molar-refractivity contribution < 1.29 is 0 Å². The van der Waals surface area contributed by atoms with Gasteiger partial charge in [-0.2, -0.15) is 0 Å². The van der Waals surface area contributed by atoms with Gasteiger partial charge in [-0.15, -0.1) is 26.3 Å². The largest absolute Gasteiger partial charge is 0.103 e. The second kappa shape index (κ2) is 9.60. The summed E-state index contributed by atoms with van der Waals surface area (Å²) in [5.41, 5.74) is 0.679. The molecule has 25 heavy (non-hydrogen) atoms. The monoisotopic (exact) mass is 340 g/mol. The van der Waals surface area contributed by atoms with Crippen molar-refractivity contribution in [1.29, 1.82) is 0 Å². The van der Waals surface area contributed by atoms with Crippen molar-refractivity contribution in [2.24, 2.45) is 22.7 Å². The van der Waals surface area contributed by atoms with Gasteiger partial charge in [-0.25, -0.2) is 0 Å². The van der Waals surface area contributed by atoms with Gasteiger partial charge in [0.2, 0.25) is 0 Å². The third kappa shape index (κ3) is 4.57. The molecule has 0 atom stereocenters. The Bertz CT molecular complexity index is 435. The molecular formula is C25H40. The van der Waals surface area contributed by atoms with Crippen molar-refractivity contribution in [3.8, 4) is 0 Å². The van der Waals surface area contributed by atoms with Crippen LogP contribution in [-0.4, -0.2) is 0 Å². The smallest absolute Gasteiger partial charge is 0.00615 e. The molecule has 0 aromatic carbocycles. The van der Waals surface area contributed by atoms with E-state index in [9.17, 15) is 0 Å². The highest BCUT2D eigenvalue weighted by molar-refractivity contribution is 5.10. The highest BCUT2D eigenvalue weighted by Gasteiger charge is 2.47. The first kappa shape index (κ1) is 20.3. The van der Waals surface area contributed by atoms with Gasteiger partial charge in [-0.1, -0.05) is 50.0 Å². The fourth-order valence-corrected chi connectivity index (χ4v) is 5.91. The van der Waals surface area contributed by atoms with Gasteiger partial charge in [0, 0.05) is 0 Å². The van der Waals surface area contributed by atoms with Crippen LogP contribution < -0.4 is 0 Å². The Hall–Kier alpha value is -1.04. The number of hydrogen-bond donors (Lipinski definition) is 0. The second-order valence-electron chi connectivity index (χ2n) is 8.69. The molecule has 0 aromatic heterocycles. The lowest BCUT2D eigenvalue weighted by molar-refractivity contribution is 0.0211. The van der Waals surface area contributed by atoms with Gasteiger partial charge < -0.3 is 0 Å². The highest BCUT2D eigenvalue weighted by atomic mass is 14.5. The Morgan fingerprint density at radius 2 is 1.12 bits per heavy atom. The molecule has 0 amide bonds. The summed E-state index contributed by atoms with van der Waals surface area (Å²) >= 11 is 0. The molecule has 0 aliphatic heterocycles. The summed E-state index contributed by atoms with van der Waals surface area (Å²) in [6.07, 6.45) is 25.9. The summed E-state index contributed by atoms with van der Waals surface area (Å²) in [5.74, 6) is 1.45. The summed E-state index contributed by atoms with van der Waals surface area (Å²) < 4.78 is 0. The van der Waals surface area contributed by atoms with Gasteiger partial charge in [-0.05, 0) is 80.5 Å². The molecule has 2 fully saturated rings. The van der Waals surface area contributed by atoms with E-state index >= 15 is 0 Å². The van der Waals surface area contributed by atoms with E-state index in [0.29, 0.717) is 10.8 Å².